The Labute approximate surface area is 170 Å². The van der Waals surface area contributed by atoms with Crippen molar-refractivity contribution in [1.29, 1.82) is 0 Å². The number of carbonyl (C=O) groups is 3. The fraction of sp³-hybridized carbons (Fsp3) is 0.211. The quantitative estimate of drug-likeness (QED) is 0.425. The summed E-state index contributed by atoms with van der Waals surface area (Å²) in [5, 5.41) is 16.5. The molecule has 1 saturated heterocycles. The highest BCUT2D eigenvalue weighted by atomic mass is 35.5. The van der Waals surface area contributed by atoms with E-state index in [0.717, 1.165) is 4.90 Å². The number of benzene rings is 2. The molecule has 2 aromatic rings. The summed E-state index contributed by atoms with van der Waals surface area (Å²) in [6.07, 6.45) is 0.280. The molecule has 0 saturated carbocycles. The third kappa shape index (κ3) is 3.90. The van der Waals surface area contributed by atoms with Crippen molar-refractivity contribution in [3.63, 3.8) is 0 Å². The molecule has 1 atom stereocenters. The number of nitrogens with one attached hydrogen (secondary N) is 2. The van der Waals surface area contributed by atoms with Crippen LogP contribution >= 0.6 is 11.6 Å². The monoisotopic (exact) mass is 416 g/mol. The van der Waals surface area contributed by atoms with Gasteiger partial charge in [0.25, 0.3) is 11.6 Å². The SMILES string of the molecule is CCC1(c2ccc(Cl)cc2)NC(=O)N(CC(=O)Nc2cccc([N+](=O)[O-])c2)C1=O. The number of halogens is 1. The van der Waals surface area contributed by atoms with Crippen molar-refractivity contribution in [2.45, 2.75) is 18.9 Å². The maximum absolute atomic E-state index is 13.0. The van der Waals surface area contributed by atoms with Crippen molar-refractivity contribution in [3.8, 4) is 0 Å². The van der Waals surface area contributed by atoms with Crippen LogP contribution in [0.15, 0.2) is 48.5 Å². The van der Waals surface area contributed by atoms with E-state index in [2.05, 4.69) is 10.6 Å². The van der Waals surface area contributed by atoms with Gasteiger partial charge in [0.05, 0.1) is 4.92 Å². The van der Waals surface area contributed by atoms with Crippen molar-refractivity contribution < 1.29 is 19.3 Å². The first-order valence-corrected chi connectivity index (χ1v) is 9.09. The second-order valence-electron chi connectivity index (χ2n) is 6.44. The van der Waals surface area contributed by atoms with Crippen LogP contribution in [0.5, 0.6) is 0 Å². The Bertz CT molecular complexity index is 994. The summed E-state index contributed by atoms with van der Waals surface area (Å²) in [6.45, 7) is 1.22. The summed E-state index contributed by atoms with van der Waals surface area (Å²) in [6, 6.07) is 11.2. The van der Waals surface area contributed by atoms with Gasteiger partial charge in [-0.25, -0.2) is 4.79 Å². The van der Waals surface area contributed by atoms with E-state index in [-0.39, 0.29) is 17.8 Å². The number of non-ortho nitro benzene ring substituents is 1. The van der Waals surface area contributed by atoms with Gasteiger partial charge in [0.2, 0.25) is 5.91 Å². The molecule has 10 heteroatoms. The summed E-state index contributed by atoms with van der Waals surface area (Å²) in [7, 11) is 0. The summed E-state index contributed by atoms with van der Waals surface area (Å²) < 4.78 is 0. The van der Waals surface area contributed by atoms with E-state index < -0.39 is 34.9 Å². The molecule has 0 radical (unpaired) electrons. The van der Waals surface area contributed by atoms with E-state index in [0.29, 0.717) is 10.6 Å². The van der Waals surface area contributed by atoms with Crippen molar-refractivity contribution >= 4 is 40.8 Å². The van der Waals surface area contributed by atoms with Crippen molar-refractivity contribution in [3.05, 3.63) is 69.2 Å². The second-order valence-corrected chi connectivity index (χ2v) is 6.88. The van der Waals surface area contributed by atoms with Crippen LogP contribution in [0.25, 0.3) is 0 Å². The highest BCUT2D eigenvalue weighted by Gasteiger charge is 2.51. The number of nitro benzene ring substituents is 1. The molecular formula is C19H17ClN4O5. The summed E-state index contributed by atoms with van der Waals surface area (Å²) >= 11 is 5.90. The minimum absolute atomic E-state index is 0.189. The molecule has 2 N–H and O–H groups in total. The topological polar surface area (TPSA) is 122 Å². The zero-order valence-corrected chi connectivity index (χ0v) is 16.1. The Hall–Kier alpha value is -3.46. The zero-order chi connectivity index (χ0) is 21.2. The summed E-state index contributed by atoms with van der Waals surface area (Å²) in [4.78, 5) is 48.9. The Balaban J connectivity index is 1.77. The molecule has 1 aliphatic heterocycles. The van der Waals surface area contributed by atoms with Crippen LogP contribution < -0.4 is 10.6 Å². The minimum atomic E-state index is -1.28. The molecule has 4 amide bonds. The number of imide groups is 1. The Morgan fingerprint density at radius 3 is 2.55 bits per heavy atom. The number of anilines is 1. The second kappa shape index (κ2) is 7.88. The van der Waals surface area contributed by atoms with Gasteiger partial charge in [-0.15, -0.1) is 0 Å². The first kappa shape index (κ1) is 20.3. The maximum Gasteiger partial charge on any atom is 0.325 e. The van der Waals surface area contributed by atoms with Gasteiger partial charge in [0.1, 0.15) is 12.1 Å². The van der Waals surface area contributed by atoms with E-state index in [4.69, 9.17) is 11.6 Å². The highest BCUT2D eigenvalue weighted by Crippen LogP contribution is 2.33. The van der Waals surface area contributed by atoms with Crippen molar-refractivity contribution in [2.75, 3.05) is 11.9 Å². The number of nitro groups is 1. The lowest BCUT2D eigenvalue weighted by Crippen LogP contribution is -2.44. The number of urea groups is 1. The van der Waals surface area contributed by atoms with Gasteiger partial charge >= 0.3 is 6.03 Å². The normalized spacial score (nSPS) is 18.5. The van der Waals surface area contributed by atoms with E-state index in [1.807, 2.05) is 0 Å². The molecule has 3 rings (SSSR count). The third-order valence-corrected chi connectivity index (χ3v) is 4.94. The van der Waals surface area contributed by atoms with Crippen LogP contribution in [0, 0.1) is 10.1 Å². The van der Waals surface area contributed by atoms with Crippen LogP contribution in [0.2, 0.25) is 5.02 Å². The lowest BCUT2D eigenvalue weighted by atomic mass is 9.87. The molecule has 1 heterocycles. The number of hydrogen-bond acceptors (Lipinski definition) is 5. The van der Waals surface area contributed by atoms with E-state index >= 15 is 0 Å². The maximum atomic E-state index is 13.0. The first-order valence-electron chi connectivity index (χ1n) is 8.71. The molecule has 1 unspecified atom stereocenters. The molecular weight excluding hydrogens is 400 g/mol. The lowest BCUT2D eigenvalue weighted by Gasteiger charge is -2.25. The molecule has 29 heavy (non-hydrogen) atoms. The largest absolute Gasteiger partial charge is 0.325 e. The molecule has 0 bridgehead atoms. The lowest BCUT2D eigenvalue weighted by molar-refractivity contribution is -0.384. The van der Waals surface area contributed by atoms with E-state index in [1.165, 1.54) is 24.3 Å². The standard InChI is InChI=1S/C19H17ClN4O5/c1-2-19(12-6-8-13(20)9-7-12)17(26)23(18(27)22-19)11-16(25)21-14-4-3-5-15(10-14)24(28)29/h3-10H,2,11H2,1H3,(H,21,25)(H,22,27). The van der Waals surface area contributed by atoms with Crippen molar-refractivity contribution in [1.82, 2.24) is 10.2 Å². The average Bonchev–Trinajstić information content (AvgIpc) is 2.93. The predicted molar refractivity (Wildman–Crippen MR) is 105 cm³/mol. The smallest absolute Gasteiger partial charge is 0.324 e. The average molecular weight is 417 g/mol. The molecule has 2 aromatic carbocycles. The Morgan fingerprint density at radius 1 is 1.24 bits per heavy atom. The van der Waals surface area contributed by atoms with Gasteiger partial charge in [-0.1, -0.05) is 36.7 Å². The van der Waals surface area contributed by atoms with Crippen molar-refractivity contribution in [2.24, 2.45) is 0 Å². The third-order valence-electron chi connectivity index (χ3n) is 4.69. The van der Waals surface area contributed by atoms with Gasteiger partial charge in [-0.2, -0.15) is 0 Å². The Morgan fingerprint density at radius 2 is 1.93 bits per heavy atom. The fourth-order valence-corrected chi connectivity index (χ4v) is 3.31. The van der Waals surface area contributed by atoms with Gasteiger partial charge in [-0.05, 0) is 30.2 Å². The van der Waals surface area contributed by atoms with Crippen LogP contribution in [0.1, 0.15) is 18.9 Å². The number of carbonyl (C=O) groups excluding carboxylic acids is 3. The fourth-order valence-electron chi connectivity index (χ4n) is 3.18. The van der Waals surface area contributed by atoms with E-state index in [1.54, 1.807) is 31.2 Å². The molecule has 0 aromatic heterocycles. The van der Waals surface area contributed by atoms with Gasteiger partial charge in [-0.3, -0.25) is 24.6 Å². The zero-order valence-electron chi connectivity index (χ0n) is 15.3. The number of amides is 4. The molecule has 9 nitrogen and oxygen atoms in total. The molecule has 0 spiro atoms. The molecule has 1 aliphatic rings. The number of rotatable bonds is 6. The minimum Gasteiger partial charge on any atom is -0.324 e. The number of nitrogens with zero attached hydrogens (tertiary/aromatic N) is 2. The van der Waals surface area contributed by atoms with Crippen LogP contribution in [0.3, 0.4) is 0 Å². The molecule has 1 fully saturated rings. The predicted octanol–water partition coefficient (Wildman–Crippen LogP) is 3.04. The molecule has 150 valence electrons. The Kier molecular flexibility index (Phi) is 5.51. The number of hydrogen-bond donors (Lipinski definition) is 2. The van der Waals surface area contributed by atoms with Crippen LogP contribution in [0.4, 0.5) is 16.2 Å². The highest BCUT2D eigenvalue weighted by molar-refractivity contribution is 6.30. The summed E-state index contributed by atoms with van der Waals surface area (Å²) in [5.41, 5.74) is -0.724. The van der Waals surface area contributed by atoms with Crippen LogP contribution in [-0.4, -0.2) is 34.2 Å². The molecule has 0 aliphatic carbocycles. The van der Waals surface area contributed by atoms with Gasteiger partial charge in [0.15, 0.2) is 0 Å². The van der Waals surface area contributed by atoms with Gasteiger partial charge in [0, 0.05) is 22.8 Å². The summed E-state index contributed by atoms with van der Waals surface area (Å²) in [5.74, 6) is -1.21. The first-order chi connectivity index (χ1) is 13.8. The van der Waals surface area contributed by atoms with Gasteiger partial charge < -0.3 is 10.6 Å². The van der Waals surface area contributed by atoms with Crippen LogP contribution in [-0.2, 0) is 15.1 Å². The van der Waals surface area contributed by atoms with E-state index in [9.17, 15) is 24.5 Å².